The van der Waals surface area contributed by atoms with Gasteiger partial charge in [0.2, 0.25) is 0 Å². The maximum Gasteiger partial charge on any atom is 0.263 e. The summed E-state index contributed by atoms with van der Waals surface area (Å²) < 4.78 is 2.08. The van der Waals surface area contributed by atoms with Gasteiger partial charge in [-0.25, -0.2) is 0 Å². The molecular formula is C14H16N2OS2. The highest BCUT2D eigenvalue weighted by atomic mass is 32.1. The quantitative estimate of drug-likeness (QED) is 0.680. The normalized spacial score (nSPS) is 18.5. The van der Waals surface area contributed by atoms with Crippen molar-refractivity contribution in [3.63, 3.8) is 0 Å². The van der Waals surface area contributed by atoms with E-state index in [2.05, 4.69) is 18.5 Å². The van der Waals surface area contributed by atoms with E-state index in [0.29, 0.717) is 17.2 Å². The Morgan fingerprint density at radius 3 is 3.16 bits per heavy atom. The van der Waals surface area contributed by atoms with Crippen LogP contribution in [0, 0.1) is 10.7 Å². The van der Waals surface area contributed by atoms with Crippen molar-refractivity contribution in [1.82, 2.24) is 9.55 Å². The molecule has 1 aliphatic carbocycles. The Hall–Kier alpha value is -1.20. The molecule has 19 heavy (non-hydrogen) atoms. The number of aromatic nitrogens is 2. The van der Waals surface area contributed by atoms with Gasteiger partial charge in [-0.2, -0.15) is 0 Å². The maximum absolute atomic E-state index is 12.6. The second-order valence-corrected chi connectivity index (χ2v) is 6.68. The first-order chi connectivity index (χ1) is 9.11. The fraction of sp³-hybridized carbons (Fsp3) is 0.429. The topological polar surface area (TPSA) is 37.8 Å². The van der Waals surface area contributed by atoms with Crippen LogP contribution in [0.3, 0.4) is 0 Å². The van der Waals surface area contributed by atoms with Crippen LogP contribution in [-0.2, 0) is 19.4 Å². The molecule has 100 valence electrons. The first-order valence-electron chi connectivity index (χ1n) is 6.50. The molecule has 2 aromatic heterocycles. The second kappa shape index (κ2) is 4.72. The van der Waals surface area contributed by atoms with Crippen molar-refractivity contribution in [3.05, 3.63) is 38.2 Å². The number of thiophene rings is 1. The largest absolute Gasteiger partial charge is 0.323 e. The van der Waals surface area contributed by atoms with Crippen molar-refractivity contribution < 1.29 is 0 Å². The Kier molecular flexibility index (Phi) is 3.19. The average Bonchev–Trinajstić information content (AvgIpc) is 2.71. The molecule has 0 bridgehead atoms. The molecule has 0 saturated heterocycles. The molecule has 0 saturated carbocycles. The summed E-state index contributed by atoms with van der Waals surface area (Å²) in [7, 11) is 0. The van der Waals surface area contributed by atoms with Crippen molar-refractivity contribution in [2.24, 2.45) is 5.92 Å². The monoisotopic (exact) mass is 292 g/mol. The summed E-state index contributed by atoms with van der Waals surface area (Å²) in [5, 5.41) is 0.849. The standard InChI is InChI=1S/C14H16N2OS2/c1-3-6-16-13(17)11-9-5-4-8(2)7-10(9)19-12(11)15-14(16)18/h3,8H,1,4-7H2,2H3,(H,15,18). The highest BCUT2D eigenvalue weighted by Gasteiger charge is 2.22. The van der Waals surface area contributed by atoms with E-state index in [0.717, 1.165) is 29.5 Å². The molecule has 0 aromatic carbocycles. The molecule has 0 spiro atoms. The van der Waals surface area contributed by atoms with E-state index >= 15 is 0 Å². The zero-order valence-corrected chi connectivity index (χ0v) is 12.5. The molecule has 3 rings (SSSR count). The van der Waals surface area contributed by atoms with E-state index < -0.39 is 0 Å². The van der Waals surface area contributed by atoms with Crippen LogP contribution in [0.1, 0.15) is 23.8 Å². The fourth-order valence-electron chi connectivity index (χ4n) is 2.75. The van der Waals surface area contributed by atoms with Gasteiger partial charge in [-0.15, -0.1) is 17.9 Å². The fourth-order valence-corrected chi connectivity index (χ4v) is 4.48. The van der Waals surface area contributed by atoms with Crippen molar-refractivity contribution in [1.29, 1.82) is 0 Å². The summed E-state index contributed by atoms with van der Waals surface area (Å²) in [4.78, 5) is 18.1. The molecule has 1 aliphatic rings. The Labute approximate surface area is 120 Å². The zero-order valence-electron chi connectivity index (χ0n) is 10.9. The lowest BCUT2D eigenvalue weighted by molar-refractivity contribution is 0.509. The molecule has 1 atom stereocenters. The summed E-state index contributed by atoms with van der Waals surface area (Å²) in [6.07, 6.45) is 4.95. The van der Waals surface area contributed by atoms with Crippen molar-refractivity contribution in [3.8, 4) is 0 Å². The van der Waals surface area contributed by atoms with Crippen LogP contribution >= 0.6 is 23.6 Å². The van der Waals surface area contributed by atoms with Crippen LogP contribution in [0.15, 0.2) is 17.4 Å². The number of fused-ring (bicyclic) bond motifs is 3. The van der Waals surface area contributed by atoms with Crippen LogP contribution in [-0.4, -0.2) is 9.55 Å². The lowest BCUT2D eigenvalue weighted by atomic mass is 9.89. The van der Waals surface area contributed by atoms with Crippen LogP contribution in [0.2, 0.25) is 0 Å². The van der Waals surface area contributed by atoms with Crippen LogP contribution in [0.25, 0.3) is 10.2 Å². The second-order valence-electron chi connectivity index (χ2n) is 5.19. The predicted octanol–water partition coefficient (Wildman–Crippen LogP) is 3.43. The SMILES string of the molecule is C=CCn1c(=S)[nH]c2sc3c(c2c1=O)CCC(C)C3. The van der Waals surface area contributed by atoms with Gasteiger partial charge in [0.05, 0.1) is 5.39 Å². The Morgan fingerprint density at radius 2 is 2.42 bits per heavy atom. The Morgan fingerprint density at radius 1 is 1.63 bits per heavy atom. The summed E-state index contributed by atoms with van der Waals surface area (Å²) >= 11 is 6.96. The Balaban J connectivity index is 2.33. The minimum Gasteiger partial charge on any atom is -0.323 e. The third-order valence-corrected chi connectivity index (χ3v) is 5.24. The number of allylic oxidation sites excluding steroid dienone is 1. The van der Waals surface area contributed by atoms with Crippen molar-refractivity contribution in [2.75, 3.05) is 0 Å². The van der Waals surface area contributed by atoms with Gasteiger partial charge in [0.1, 0.15) is 4.83 Å². The van der Waals surface area contributed by atoms with E-state index in [9.17, 15) is 4.79 Å². The van der Waals surface area contributed by atoms with Gasteiger partial charge in [0.25, 0.3) is 5.56 Å². The van der Waals surface area contributed by atoms with E-state index in [1.54, 1.807) is 22.0 Å². The Bertz CT molecular complexity index is 766. The average molecular weight is 292 g/mol. The molecule has 0 fully saturated rings. The van der Waals surface area contributed by atoms with Crippen molar-refractivity contribution in [2.45, 2.75) is 32.7 Å². The number of H-pyrrole nitrogens is 1. The number of hydrogen-bond donors (Lipinski definition) is 1. The number of nitrogens with zero attached hydrogens (tertiary/aromatic N) is 1. The van der Waals surface area contributed by atoms with Gasteiger partial charge in [-0.3, -0.25) is 9.36 Å². The molecule has 0 radical (unpaired) electrons. The van der Waals surface area contributed by atoms with Gasteiger partial charge in [0.15, 0.2) is 4.77 Å². The third-order valence-electron chi connectivity index (χ3n) is 3.75. The number of aryl methyl sites for hydroxylation is 1. The molecular weight excluding hydrogens is 276 g/mol. The number of hydrogen-bond acceptors (Lipinski definition) is 3. The first kappa shape index (κ1) is 12.8. The minimum absolute atomic E-state index is 0.0331. The summed E-state index contributed by atoms with van der Waals surface area (Å²) in [5.41, 5.74) is 1.28. The van der Waals surface area contributed by atoms with Gasteiger partial charge in [0, 0.05) is 11.4 Å². The maximum atomic E-state index is 12.6. The van der Waals surface area contributed by atoms with Gasteiger partial charge >= 0.3 is 0 Å². The number of nitrogens with one attached hydrogen (secondary N) is 1. The first-order valence-corrected chi connectivity index (χ1v) is 7.72. The molecule has 0 amide bonds. The highest BCUT2D eigenvalue weighted by molar-refractivity contribution is 7.71. The summed E-state index contributed by atoms with van der Waals surface area (Å²) in [6, 6.07) is 0. The van der Waals surface area contributed by atoms with Crippen LogP contribution in [0.4, 0.5) is 0 Å². The third kappa shape index (κ3) is 2.01. The number of rotatable bonds is 2. The van der Waals surface area contributed by atoms with Crippen LogP contribution < -0.4 is 5.56 Å². The molecule has 1 N–H and O–H groups in total. The zero-order chi connectivity index (χ0) is 13.6. The lowest BCUT2D eigenvalue weighted by Crippen LogP contribution is -2.22. The van der Waals surface area contributed by atoms with E-state index in [-0.39, 0.29) is 5.56 Å². The summed E-state index contributed by atoms with van der Waals surface area (Å²) in [5.74, 6) is 0.707. The number of aromatic amines is 1. The molecule has 2 heterocycles. The van der Waals surface area contributed by atoms with Gasteiger partial charge in [-0.05, 0) is 43.0 Å². The van der Waals surface area contributed by atoms with E-state index in [1.807, 2.05) is 0 Å². The molecule has 2 aromatic rings. The molecule has 1 unspecified atom stereocenters. The summed E-state index contributed by atoms with van der Waals surface area (Å²) in [6.45, 7) is 6.42. The molecule has 0 aliphatic heterocycles. The molecule has 3 nitrogen and oxygen atoms in total. The van der Waals surface area contributed by atoms with Gasteiger partial charge < -0.3 is 4.98 Å². The van der Waals surface area contributed by atoms with Crippen LogP contribution in [0.5, 0.6) is 0 Å². The van der Waals surface area contributed by atoms with Crippen molar-refractivity contribution >= 4 is 33.8 Å². The smallest absolute Gasteiger partial charge is 0.263 e. The van der Waals surface area contributed by atoms with E-state index in [4.69, 9.17) is 12.2 Å². The highest BCUT2D eigenvalue weighted by Crippen LogP contribution is 2.35. The predicted molar refractivity (Wildman–Crippen MR) is 82.7 cm³/mol. The van der Waals surface area contributed by atoms with Gasteiger partial charge in [-0.1, -0.05) is 13.0 Å². The van der Waals surface area contributed by atoms with E-state index in [1.165, 1.54) is 10.4 Å². The lowest BCUT2D eigenvalue weighted by Gasteiger charge is -2.17. The molecule has 5 heteroatoms. The minimum atomic E-state index is 0.0331.